The molecule has 0 saturated heterocycles. The van der Waals surface area contributed by atoms with Crippen molar-refractivity contribution in [2.24, 2.45) is 0 Å². The molecule has 0 bridgehead atoms. The van der Waals surface area contributed by atoms with Crippen LogP contribution in [0.25, 0.3) is 11.3 Å². The molecule has 0 aliphatic carbocycles. The van der Waals surface area contributed by atoms with Crippen LogP contribution in [-0.2, 0) is 11.3 Å². The van der Waals surface area contributed by atoms with Crippen molar-refractivity contribution in [2.45, 2.75) is 20.5 Å². The number of ether oxygens (including phenoxy) is 2. The second kappa shape index (κ2) is 8.14. The van der Waals surface area contributed by atoms with Crippen molar-refractivity contribution < 1.29 is 19.1 Å². The van der Waals surface area contributed by atoms with Crippen LogP contribution in [0.4, 0.5) is 0 Å². The van der Waals surface area contributed by atoms with E-state index in [0.29, 0.717) is 27.4 Å². The highest BCUT2D eigenvalue weighted by Crippen LogP contribution is 2.29. The number of aromatic nitrogens is 1. The molecule has 3 aromatic rings. The first kappa shape index (κ1) is 18.8. The van der Waals surface area contributed by atoms with E-state index < -0.39 is 5.97 Å². The van der Waals surface area contributed by atoms with Crippen molar-refractivity contribution in [1.29, 1.82) is 0 Å². The molecule has 0 aliphatic heterocycles. The van der Waals surface area contributed by atoms with Gasteiger partial charge in [-0.05, 0) is 32.0 Å². The van der Waals surface area contributed by atoms with Crippen LogP contribution in [0.1, 0.15) is 37.5 Å². The Morgan fingerprint density at radius 1 is 1.11 bits per heavy atom. The quantitative estimate of drug-likeness (QED) is 0.458. The average molecular weight is 381 g/mol. The molecule has 0 aliphatic rings. The number of aryl methyl sites for hydroxylation is 1. The summed E-state index contributed by atoms with van der Waals surface area (Å²) in [5, 5.41) is 0.789. The highest BCUT2D eigenvalue weighted by atomic mass is 32.1. The Morgan fingerprint density at radius 3 is 2.52 bits per heavy atom. The maximum absolute atomic E-state index is 12.7. The Hall–Kier alpha value is -2.99. The molecule has 3 rings (SSSR count). The summed E-state index contributed by atoms with van der Waals surface area (Å²) in [5.41, 5.74) is 2.67. The highest BCUT2D eigenvalue weighted by molar-refractivity contribution is 7.14. The van der Waals surface area contributed by atoms with E-state index in [-0.39, 0.29) is 12.4 Å². The number of esters is 1. The van der Waals surface area contributed by atoms with E-state index in [2.05, 4.69) is 4.98 Å². The van der Waals surface area contributed by atoms with Crippen LogP contribution in [0.5, 0.6) is 5.75 Å². The fourth-order valence-electron chi connectivity index (χ4n) is 2.68. The molecular formula is C21H19NO4S. The molecule has 0 spiro atoms. The summed E-state index contributed by atoms with van der Waals surface area (Å²) in [6, 6.07) is 14.6. The molecule has 0 radical (unpaired) electrons. The second-order valence-corrected chi connectivity index (χ2v) is 7.14. The van der Waals surface area contributed by atoms with Gasteiger partial charge in [0.2, 0.25) is 0 Å². The lowest BCUT2D eigenvalue weighted by Crippen LogP contribution is -2.07. The number of benzene rings is 2. The summed E-state index contributed by atoms with van der Waals surface area (Å²) in [4.78, 5) is 29.2. The van der Waals surface area contributed by atoms with E-state index >= 15 is 0 Å². The maximum Gasteiger partial charge on any atom is 0.350 e. The Kier molecular flexibility index (Phi) is 5.66. The molecule has 138 valence electrons. The molecule has 1 heterocycles. The van der Waals surface area contributed by atoms with E-state index in [1.807, 2.05) is 37.3 Å². The predicted octanol–water partition coefficient (Wildman–Crippen LogP) is 4.69. The summed E-state index contributed by atoms with van der Waals surface area (Å²) in [6.07, 6.45) is 0. The zero-order chi connectivity index (χ0) is 19.4. The van der Waals surface area contributed by atoms with Gasteiger partial charge in [-0.3, -0.25) is 4.79 Å². The van der Waals surface area contributed by atoms with Crippen molar-refractivity contribution in [1.82, 2.24) is 4.98 Å². The van der Waals surface area contributed by atoms with E-state index in [1.165, 1.54) is 25.4 Å². The highest BCUT2D eigenvalue weighted by Gasteiger charge is 2.20. The third kappa shape index (κ3) is 4.23. The molecule has 0 saturated carbocycles. The van der Waals surface area contributed by atoms with Gasteiger partial charge < -0.3 is 9.47 Å². The van der Waals surface area contributed by atoms with Gasteiger partial charge in [-0.25, -0.2) is 9.78 Å². The number of ketones is 1. The van der Waals surface area contributed by atoms with Crippen molar-refractivity contribution in [2.75, 3.05) is 7.11 Å². The Morgan fingerprint density at radius 2 is 1.85 bits per heavy atom. The van der Waals surface area contributed by atoms with Gasteiger partial charge in [0, 0.05) is 16.7 Å². The maximum atomic E-state index is 12.7. The van der Waals surface area contributed by atoms with Crippen LogP contribution in [0.2, 0.25) is 0 Å². The van der Waals surface area contributed by atoms with Crippen molar-refractivity contribution in [3.05, 3.63) is 69.5 Å². The van der Waals surface area contributed by atoms with Gasteiger partial charge in [-0.2, -0.15) is 0 Å². The molecular weight excluding hydrogens is 362 g/mol. The van der Waals surface area contributed by atoms with E-state index in [1.54, 1.807) is 18.2 Å². The fourth-order valence-corrected chi connectivity index (χ4v) is 3.51. The number of thiazole rings is 1. The number of carbonyl (C=O) groups is 2. The van der Waals surface area contributed by atoms with Crippen molar-refractivity contribution in [3.8, 4) is 17.0 Å². The summed E-state index contributed by atoms with van der Waals surface area (Å²) in [6.45, 7) is 3.35. The van der Waals surface area contributed by atoms with Gasteiger partial charge in [-0.15, -0.1) is 11.3 Å². The Bertz CT molecular complexity index is 979. The van der Waals surface area contributed by atoms with Gasteiger partial charge in [-0.1, -0.05) is 30.3 Å². The van der Waals surface area contributed by atoms with Crippen LogP contribution in [-0.4, -0.2) is 23.8 Å². The first-order chi connectivity index (χ1) is 13.0. The molecule has 5 nitrogen and oxygen atoms in total. The van der Waals surface area contributed by atoms with Crippen LogP contribution in [0, 0.1) is 6.92 Å². The minimum Gasteiger partial charge on any atom is -0.496 e. The number of carbonyl (C=O) groups excluding carboxylic acids is 2. The molecule has 0 N–H and O–H groups in total. The van der Waals surface area contributed by atoms with Gasteiger partial charge in [0.1, 0.15) is 17.2 Å². The minimum atomic E-state index is -0.449. The van der Waals surface area contributed by atoms with Crippen molar-refractivity contribution in [3.63, 3.8) is 0 Å². The SMILES string of the molecule is COc1ccc(C(C)=O)cc1COC(=O)c1sc(C)nc1-c1ccccc1. The van der Waals surface area contributed by atoms with Crippen LogP contribution < -0.4 is 4.74 Å². The topological polar surface area (TPSA) is 65.5 Å². The van der Waals surface area contributed by atoms with E-state index in [9.17, 15) is 9.59 Å². The fraction of sp³-hybridized carbons (Fsp3) is 0.190. The van der Waals surface area contributed by atoms with Gasteiger partial charge in [0.25, 0.3) is 0 Å². The Labute approximate surface area is 161 Å². The number of nitrogens with zero attached hydrogens (tertiary/aromatic N) is 1. The van der Waals surface area contributed by atoms with Crippen LogP contribution >= 0.6 is 11.3 Å². The molecule has 2 aromatic carbocycles. The standard InChI is InChI=1S/C21H19NO4S/c1-13(23)16-9-10-18(25-3)17(11-16)12-26-21(24)20-19(22-14(2)27-20)15-7-5-4-6-8-15/h4-11H,12H2,1-3H3. The number of methoxy groups -OCH3 is 1. The third-order valence-electron chi connectivity index (χ3n) is 4.01. The molecule has 1 aromatic heterocycles. The molecule has 0 unspecified atom stereocenters. The smallest absolute Gasteiger partial charge is 0.350 e. The largest absolute Gasteiger partial charge is 0.496 e. The summed E-state index contributed by atoms with van der Waals surface area (Å²) in [5.74, 6) is 0.0565. The third-order valence-corrected chi connectivity index (χ3v) is 4.96. The number of hydrogen-bond acceptors (Lipinski definition) is 6. The summed E-state index contributed by atoms with van der Waals surface area (Å²) in [7, 11) is 1.54. The van der Waals surface area contributed by atoms with Crippen LogP contribution in [0.15, 0.2) is 48.5 Å². The zero-order valence-electron chi connectivity index (χ0n) is 15.3. The average Bonchev–Trinajstić information content (AvgIpc) is 3.08. The molecule has 0 fully saturated rings. The molecule has 6 heteroatoms. The lowest BCUT2D eigenvalue weighted by Gasteiger charge is -2.10. The summed E-state index contributed by atoms with van der Waals surface area (Å²) >= 11 is 1.30. The van der Waals surface area contributed by atoms with Gasteiger partial charge >= 0.3 is 5.97 Å². The number of Topliss-reactive ketones (excluding diaryl/α,β-unsaturated/α-hetero) is 1. The van der Waals surface area contributed by atoms with E-state index in [0.717, 1.165) is 10.6 Å². The monoisotopic (exact) mass is 381 g/mol. The Balaban J connectivity index is 1.84. The number of hydrogen-bond donors (Lipinski definition) is 0. The molecule has 27 heavy (non-hydrogen) atoms. The minimum absolute atomic E-state index is 0.00824. The first-order valence-corrected chi connectivity index (χ1v) is 9.19. The van der Waals surface area contributed by atoms with E-state index in [4.69, 9.17) is 9.47 Å². The predicted molar refractivity (Wildman–Crippen MR) is 104 cm³/mol. The second-order valence-electron chi connectivity index (χ2n) is 5.94. The normalized spacial score (nSPS) is 10.5. The van der Waals surface area contributed by atoms with Crippen LogP contribution in [0.3, 0.4) is 0 Å². The first-order valence-electron chi connectivity index (χ1n) is 8.37. The van der Waals surface area contributed by atoms with Gasteiger partial charge in [0.05, 0.1) is 17.8 Å². The summed E-state index contributed by atoms with van der Waals surface area (Å²) < 4.78 is 10.8. The number of rotatable bonds is 6. The molecule has 0 atom stereocenters. The molecule has 0 amide bonds. The lowest BCUT2D eigenvalue weighted by molar-refractivity contribution is 0.0476. The lowest BCUT2D eigenvalue weighted by atomic mass is 10.1. The zero-order valence-corrected chi connectivity index (χ0v) is 16.1. The van der Waals surface area contributed by atoms with Crippen molar-refractivity contribution >= 4 is 23.1 Å². The van der Waals surface area contributed by atoms with Gasteiger partial charge in [0.15, 0.2) is 5.78 Å².